The van der Waals surface area contributed by atoms with Gasteiger partial charge in [-0.05, 0) is 51.4 Å². The fourth-order valence-corrected chi connectivity index (χ4v) is 3.52. The normalized spacial score (nSPS) is 11.4. The second-order valence-corrected chi connectivity index (χ2v) is 8.40. The lowest BCUT2D eigenvalue weighted by molar-refractivity contribution is -0.143. The molecule has 3 nitrogen and oxygen atoms in total. The zero-order valence-electron chi connectivity index (χ0n) is 19.5. The first-order valence-electron chi connectivity index (χ1n) is 12.7. The average molecular weight is 411 g/mol. The highest BCUT2D eigenvalue weighted by Crippen LogP contribution is 2.11. The van der Waals surface area contributed by atoms with Crippen molar-refractivity contribution in [3.8, 4) is 0 Å². The van der Waals surface area contributed by atoms with E-state index in [1.807, 2.05) is 0 Å². The molecule has 0 aromatic rings. The predicted octanol–water partition coefficient (Wildman–Crippen LogP) is 7.90. The molecule has 0 amide bonds. The largest absolute Gasteiger partial charge is 0.466 e. The zero-order chi connectivity index (χ0) is 21.3. The van der Waals surface area contributed by atoms with E-state index >= 15 is 0 Å². The lowest BCUT2D eigenvalue weighted by Crippen LogP contribution is -2.05. The van der Waals surface area contributed by atoms with Crippen LogP contribution in [0.25, 0.3) is 0 Å². The number of esters is 1. The molecule has 0 bridgehead atoms. The third-order valence-electron chi connectivity index (χ3n) is 5.46. The molecular weight excluding hydrogens is 360 g/mol. The smallest absolute Gasteiger partial charge is 0.305 e. The van der Waals surface area contributed by atoms with Gasteiger partial charge in [-0.25, -0.2) is 0 Å². The minimum atomic E-state index is -0.0453. The molecule has 0 fully saturated rings. The Kier molecular flexibility index (Phi) is 24.5. The van der Waals surface area contributed by atoms with Crippen molar-refractivity contribution in [3.05, 3.63) is 12.2 Å². The van der Waals surface area contributed by atoms with Gasteiger partial charge in [0.05, 0.1) is 6.61 Å². The maximum atomic E-state index is 11.6. The fourth-order valence-electron chi connectivity index (χ4n) is 3.52. The van der Waals surface area contributed by atoms with Crippen LogP contribution in [0.2, 0.25) is 0 Å². The number of hydrogen-bond donors (Lipinski definition) is 1. The number of carbonyl (C=O) groups excluding carboxylic acids is 1. The Bertz CT molecular complexity index is 352. The lowest BCUT2D eigenvalue weighted by Gasteiger charge is -2.04. The third-order valence-corrected chi connectivity index (χ3v) is 5.46. The minimum absolute atomic E-state index is 0.0453. The van der Waals surface area contributed by atoms with Gasteiger partial charge in [0.1, 0.15) is 0 Å². The Labute approximate surface area is 181 Å². The topological polar surface area (TPSA) is 46.5 Å². The van der Waals surface area contributed by atoms with E-state index in [0.29, 0.717) is 13.0 Å². The highest BCUT2D eigenvalue weighted by molar-refractivity contribution is 5.69. The molecular formula is C26H50O3. The van der Waals surface area contributed by atoms with Crippen LogP contribution in [0.15, 0.2) is 12.2 Å². The molecule has 0 heterocycles. The molecule has 0 saturated carbocycles. The molecule has 3 heteroatoms. The number of allylic oxidation sites excluding steroid dienone is 2. The molecule has 29 heavy (non-hydrogen) atoms. The Morgan fingerprint density at radius 3 is 1.72 bits per heavy atom. The van der Waals surface area contributed by atoms with Gasteiger partial charge in [-0.2, -0.15) is 0 Å². The van der Waals surface area contributed by atoms with Gasteiger partial charge < -0.3 is 9.84 Å². The molecule has 0 aromatic carbocycles. The maximum Gasteiger partial charge on any atom is 0.305 e. The number of hydrogen-bond acceptors (Lipinski definition) is 3. The quantitative estimate of drug-likeness (QED) is 0.106. The van der Waals surface area contributed by atoms with E-state index in [1.54, 1.807) is 0 Å². The summed E-state index contributed by atoms with van der Waals surface area (Å²) in [7, 11) is 0. The number of aliphatic hydroxyl groups is 1. The fraction of sp³-hybridized carbons (Fsp3) is 0.885. The van der Waals surface area contributed by atoms with E-state index in [0.717, 1.165) is 38.5 Å². The second-order valence-electron chi connectivity index (χ2n) is 8.40. The monoisotopic (exact) mass is 410 g/mol. The van der Waals surface area contributed by atoms with E-state index in [1.165, 1.54) is 83.5 Å². The van der Waals surface area contributed by atoms with Gasteiger partial charge in [0, 0.05) is 13.0 Å². The highest BCUT2D eigenvalue weighted by atomic mass is 16.5. The van der Waals surface area contributed by atoms with Crippen molar-refractivity contribution in [2.45, 2.75) is 135 Å². The Morgan fingerprint density at radius 2 is 1.14 bits per heavy atom. The Hall–Kier alpha value is -0.830. The molecule has 1 N–H and O–H groups in total. The first kappa shape index (κ1) is 28.2. The first-order valence-corrected chi connectivity index (χ1v) is 12.7. The van der Waals surface area contributed by atoms with Crippen LogP contribution in [0.3, 0.4) is 0 Å². The molecule has 0 radical (unpaired) electrons. The first-order chi connectivity index (χ1) is 14.3. The summed E-state index contributed by atoms with van der Waals surface area (Å²) in [6.45, 7) is 3.07. The number of ether oxygens (including phenoxy) is 1. The molecule has 0 aliphatic rings. The van der Waals surface area contributed by atoms with Crippen molar-refractivity contribution in [1.82, 2.24) is 0 Å². The summed E-state index contributed by atoms with van der Waals surface area (Å²) in [5, 5.41) is 8.70. The van der Waals surface area contributed by atoms with Crippen LogP contribution < -0.4 is 0 Å². The van der Waals surface area contributed by atoms with Crippen molar-refractivity contribution < 1.29 is 14.6 Å². The van der Waals surface area contributed by atoms with Crippen LogP contribution in [0, 0.1) is 0 Å². The van der Waals surface area contributed by atoms with E-state index in [-0.39, 0.29) is 12.6 Å². The molecule has 0 aromatic heterocycles. The van der Waals surface area contributed by atoms with Crippen molar-refractivity contribution in [1.29, 1.82) is 0 Å². The molecule has 0 rings (SSSR count). The third kappa shape index (κ3) is 25.1. The average Bonchev–Trinajstić information content (AvgIpc) is 2.73. The Balaban J connectivity index is 3.18. The maximum absolute atomic E-state index is 11.6. The number of rotatable bonds is 23. The van der Waals surface area contributed by atoms with E-state index in [4.69, 9.17) is 9.84 Å². The van der Waals surface area contributed by atoms with Crippen LogP contribution in [-0.4, -0.2) is 24.3 Å². The summed E-state index contributed by atoms with van der Waals surface area (Å²) in [5.74, 6) is -0.0453. The summed E-state index contributed by atoms with van der Waals surface area (Å²) in [6, 6.07) is 0. The van der Waals surface area contributed by atoms with E-state index in [2.05, 4.69) is 19.1 Å². The molecule has 0 unspecified atom stereocenters. The van der Waals surface area contributed by atoms with Gasteiger partial charge in [0.25, 0.3) is 0 Å². The van der Waals surface area contributed by atoms with Crippen molar-refractivity contribution in [3.63, 3.8) is 0 Å². The van der Waals surface area contributed by atoms with Gasteiger partial charge in [0.2, 0.25) is 0 Å². The second kappa shape index (κ2) is 25.2. The molecule has 0 aliphatic carbocycles. The molecule has 0 saturated heterocycles. The zero-order valence-corrected chi connectivity index (χ0v) is 19.5. The summed E-state index contributed by atoms with van der Waals surface area (Å²) in [4.78, 5) is 11.6. The van der Waals surface area contributed by atoms with Gasteiger partial charge in [-0.3, -0.25) is 4.79 Å². The van der Waals surface area contributed by atoms with E-state index in [9.17, 15) is 4.79 Å². The summed E-state index contributed by atoms with van der Waals surface area (Å²) < 4.78 is 5.24. The van der Waals surface area contributed by atoms with Crippen LogP contribution >= 0.6 is 0 Å². The molecule has 0 aliphatic heterocycles. The predicted molar refractivity (Wildman–Crippen MR) is 125 cm³/mol. The van der Waals surface area contributed by atoms with Gasteiger partial charge in [-0.15, -0.1) is 0 Å². The molecule has 0 spiro atoms. The van der Waals surface area contributed by atoms with Crippen molar-refractivity contribution in [2.24, 2.45) is 0 Å². The number of aliphatic hydroxyl groups excluding tert-OH is 1. The SMILES string of the molecule is CCCCCCCCCC/C=C\CCCCCCCC(=O)OCCCCCCO. The van der Waals surface area contributed by atoms with Crippen LogP contribution in [0.4, 0.5) is 0 Å². The standard InChI is InChI=1S/C26H50O3/c1-2-3-4-5-6-7-8-9-10-11-12-13-14-15-16-17-20-23-26(28)29-25-22-19-18-21-24-27/h11-12,27H,2-10,13-25H2,1H3/b12-11-. The van der Waals surface area contributed by atoms with Crippen LogP contribution in [0.5, 0.6) is 0 Å². The van der Waals surface area contributed by atoms with Crippen LogP contribution in [-0.2, 0) is 9.53 Å². The highest BCUT2D eigenvalue weighted by Gasteiger charge is 2.02. The Morgan fingerprint density at radius 1 is 0.655 bits per heavy atom. The molecule has 172 valence electrons. The van der Waals surface area contributed by atoms with E-state index < -0.39 is 0 Å². The summed E-state index contributed by atoms with van der Waals surface area (Å²) in [5.41, 5.74) is 0. The summed E-state index contributed by atoms with van der Waals surface area (Å²) >= 11 is 0. The lowest BCUT2D eigenvalue weighted by atomic mass is 10.1. The number of unbranched alkanes of at least 4 members (excludes halogenated alkanes) is 16. The van der Waals surface area contributed by atoms with Gasteiger partial charge in [-0.1, -0.05) is 89.7 Å². The van der Waals surface area contributed by atoms with Crippen molar-refractivity contribution in [2.75, 3.05) is 13.2 Å². The van der Waals surface area contributed by atoms with Crippen LogP contribution in [0.1, 0.15) is 135 Å². The van der Waals surface area contributed by atoms with Gasteiger partial charge in [0.15, 0.2) is 0 Å². The van der Waals surface area contributed by atoms with Gasteiger partial charge >= 0.3 is 5.97 Å². The number of carbonyl (C=O) groups is 1. The minimum Gasteiger partial charge on any atom is -0.466 e. The molecule has 0 atom stereocenters. The summed E-state index contributed by atoms with van der Waals surface area (Å²) in [6.07, 6.45) is 28.6. The van der Waals surface area contributed by atoms with Crippen molar-refractivity contribution >= 4 is 5.97 Å².